The van der Waals surface area contributed by atoms with E-state index in [9.17, 15) is 45.1 Å². The monoisotopic (exact) mass is 908 g/mol. The summed E-state index contributed by atoms with van der Waals surface area (Å²) < 4.78 is 88.2. The fraction of sp³-hybridized carbons (Fsp3) is 0.556. The number of hydrogen-bond donors (Lipinski definition) is 0. The Balaban J connectivity index is 0.00000100. The molecule has 0 aromatic heterocycles. The molecule has 0 saturated carbocycles. The molecule has 0 aliphatic heterocycles. The molecule has 0 bridgehead atoms. The molecule has 0 heterocycles. The second kappa shape index (κ2) is 27.3. The predicted molar refractivity (Wildman–Crippen MR) is 194 cm³/mol. The number of benzene rings is 2. The zero-order chi connectivity index (χ0) is 39.2. The van der Waals surface area contributed by atoms with Crippen molar-refractivity contribution in [2.75, 3.05) is 26.4 Å². The smallest absolute Gasteiger partial charge is 0.744 e. The summed E-state index contributed by atoms with van der Waals surface area (Å²) in [6.45, 7) is 8.72. The maximum Gasteiger partial charge on any atom is 2.00 e. The van der Waals surface area contributed by atoms with Crippen molar-refractivity contribution in [3.63, 3.8) is 0 Å². The fourth-order valence-corrected chi connectivity index (χ4v) is 5.44. The van der Waals surface area contributed by atoms with Gasteiger partial charge in [0.15, 0.2) is 0 Å². The van der Waals surface area contributed by atoms with Crippen LogP contribution >= 0.6 is 0 Å². The predicted octanol–water partition coefficient (Wildman–Crippen LogP) is 6.19. The third kappa shape index (κ3) is 20.8. The van der Waals surface area contributed by atoms with Crippen LogP contribution in [0.5, 0.6) is 0 Å². The van der Waals surface area contributed by atoms with Crippen molar-refractivity contribution in [3.8, 4) is 0 Å². The molecule has 0 aliphatic carbocycles. The van der Waals surface area contributed by atoms with E-state index in [0.29, 0.717) is 25.7 Å². The second-order valence-electron chi connectivity index (χ2n) is 11.8. The molecule has 0 saturated heterocycles. The van der Waals surface area contributed by atoms with Crippen molar-refractivity contribution in [1.82, 2.24) is 0 Å². The van der Waals surface area contributed by atoms with Crippen LogP contribution in [0.1, 0.15) is 146 Å². The van der Waals surface area contributed by atoms with E-state index in [0.717, 1.165) is 75.6 Å². The van der Waals surface area contributed by atoms with Gasteiger partial charge in [0, 0.05) is 0 Å². The molecule has 2 rings (SSSR count). The van der Waals surface area contributed by atoms with E-state index in [1.165, 1.54) is 12.1 Å². The average Bonchev–Trinajstić information content (AvgIpc) is 3.11. The fourth-order valence-electron chi connectivity index (χ4n) is 4.36. The Bertz CT molecular complexity index is 1470. The van der Waals surface area contributed by atoms with E-state index in [4.69, 9.17) is 18.9 Å². The van der Waals surface area contributed by atoms with Gasteiger partial charge in [-0.1, -0.05) is 79.1 Å². The van der Waals surface area contributed by atoms with Gasteiger partial charge in [-0.15, -0.1) is 0 Å². The third-order valence-corrected chi connectivity index (χ3v) is 8.88. The van der Waals surface area contributed by atoms with Crippen LogP contribution in [0.25, 0.3) is 0 Å². The maximum atomic E-state index is 12.1. The Morgan fingerprint density at radius 1 is 0.434 bits per heavy atom. The molecular weight excluding hydrogens is 858 g/mol. The van der Waals surface area contributed by atoms with Crippen molar-refractivity contribution >= 4 is 93.0 Å². The zero-order valence-corrected chi connectivity index (χ0v) is 37.1. The first kappa shape index (κ1) is 50.7. The summed E-state index contributed by atoms with van der Waals surface area (Å²) in [5.74, 6) is -3.14. The maximum absolute atomic E-state index is 12.1. The summed E-state index contributed by atoms with van der Waals surface area (Å²) in [7, 11) is -9.68. The van der Waals surface area contributed by atoms with Gasteiger partial charge in [-0.25, -0.2) is 36.0 Å². The van der Waals surface area contributed by atoms with Gasteiger partial charge in [0.1, 0.15) is 20.2 Å². The van der Waals surface area contributed by atoms with E-state index in [1.54, 1.807) is 0 Å². The van der Waals surface area contributed by atoms with E-state index >= 15 is 0 Å². The summed E-state index contributed by atoms with van der Waals surface area (Å²) in [6, 6.07) is 6.02. The number of carbonyl (C=O) groups excluding carboxylic acids is 4. The number of ether oxygens (including phenoxy) is 4. The Morgan fingerprint density at radius 3 is 0.811 bits per heavy atom. The SMILES string of the molecule is CCCCCOC(=O)c1cc(C(=O)OCCCCC)cc(S(=O)(=O)[O-])c1.CCCCCOC(=O)c1cc(C(=O)OCCCCC)cc(S(=O)(=O)[O-])c1.[Ba+2]. The van der Waals surface area contributed by atoms with E-state index in [2.05, 4.69) is 0 Å². The molecular formula is C36H50BaO14S2. The first-order valence-electron chi connectivity index (χ1n) is 17.5. The van der Waals surface area contributed by atoms with Crippen LogP contribution in [0.2, 0.25) is 0 Å². The molecule has 14 nitrogen and oxygen atoms in total. The molecule has 0 aliphatic rings. The Morgan fingerprint density at radius 2 is 0.642 bits per heavy atom. The van der Waals surface area contributed by atoms with Crippen LogP contribution in [0.3, 0.4) is 0 Å². The van der Waals surface area contributed by atoms with Crippen LogP contribution in [-0.4, -0.2) is 125 Å². The van der Waals surface area contributed by atoms with Gasteiger partial charge in [0.2, 0.25) is 0 Å². The molecule has 0 fully saturated rings. The van der Waals surface area contributed by atoms with Gasteiger partial charge in [-0.3, -0.25) is 0 Å². The summed E-state index contributed by atoms with van der Waals surface area (Å²) in [4.78, 5) is 47.0. The van der Waals surface area contributed by atoms with Crippen LogP contribution < -0.4 is 0 Å². The van der Waals surface area contributed by atoms with Crippen LogP contribution in [0.4, 0.5) is 0 Å². The summed E-state index contributed by atoms with van der Waals surface area (Å²) in [6.07, 6.45) is 10.1. The standard InChI is InChI=1S/2C18H26O7S.Ba/c2*1-3-5-7-9-24-17(19)14-11-15(13-16(12-14)26(21,22)23)18(20)25-10-8-6-4-2;/h2*11-13H,3-10H2,1-2H3,(H,21,22,23);/q;;+2/p-2. The first-order valence-corrected chi connectivity index (χ1v) is 20.3. The second-order valence-corrected chi connectivity index (χ2v) is 14.5. The number of carbonyl (C=O) groups is 4. The largest absolute Gasteiger partial charge is 2.00 e. The molecule has 0 spiro atoms. The molecule has 0 radical (unpaired) electrons. The number of esters is 4. The molecule has 0 N–H and O–H groups in total. The number of unbranched alkanes of at least 4 members (excludes halogenated alkanes) is 8. The van der Waals surface area contributed by atoms with Crippen LogP contribution in [-0.2, 0) is 39.2 Å². The quantitative estimate of drug-likeness (QED) is 0.0423. The first-order chi connectivity index (χ1) is 24.6. The topological polar surface area (TPSA) is 220 Å². The zero-order valence-electron chi connectivity index (χ0n) is 31.0. The normalized spacial score (nSPS) is 11.0. The van der Waals surface area contributed by atoms with Crippen molar-refractivity contribution in [2.45, 2.75) is 115 Å². The molecule has 53 heavy (non-hydrogen) atoms. The minimum absolute atomic E-state index is 0. The van der Waals surface area contributed by atoms with Gasteiger partial charge >= 0.3 is 72.8 Å². The van der Waals surface area contributed by atoms with Gasteiger partial charge in [0.05, 0.1) is 58.5 Å². The Hall–Kier alpha value is -2.29. The average molecular weight is 908 g/mol. The molecule has 292 valence electrons. The summed E-state index contributed by atoms with van der Waals surface area (Å²) in [5, 5.41) is 0. The van der Waals surface area contributed by atoms with Crippen LogP contribution in [0, 0.1) is 0 Å². The molecule has 17 heteroatoms. The van der Waals surface area contributed by atoms with Crippen molar-refractivity contribution < 1.29 is 64.1 Å². The minimum Gasteiger partial charge on any atom is -0.744 e. The molecule has 0 amide bonds. The van der Waals surface area contributed by atoms with Gasteiger partial charge in [-0.05, 0) is 62.1 Å². The van der Waals surface area contributed by atoms with Crippen molar-refractivity contribution in [2.24, 2.45) is 0 Å². The Labute approximate surface area is 353 Å². The van der Waals surface area contributed by atoms with E-state index in [1.807, 2.05) is 27.7 Å². The van der Waals surface area contributed by atoms with Gasteiger partial charge in [0.25, 0.3) is 0 Å². The molecule has 0 unspecified atom stereocenters. The molecule has 2 aromatic rings. The molecule has 2 aromatic carbocycles. The summed E-state index contributed by atoms with van der Waals surface area (Å²) in [5.41, 5.74) is -0.671. The Kier molecular flexibility index (Phi) is 26.1. The van der Waals surface area contributed by atoms with Crippen molar-refractivity contribution in [3.05, 3.63) is 58.7 Å². The third-order valence-electron chi connectivity index (χ3n) is 7.26. The van der Waals surface area contributed by atoms with E-state index < -0.39 is 53.9 Å². The molecule has 0 atom stereocenters. The van der Waals surface area contributed by atoms with Gasteiger partial charge < -0.3 is 28.1 Å². The number of rotatable bonds is 22. The van der Waals surface area contributed by atoms with Crippen molar-refractivity contribution in [1.29, 1.82) is 0 Å². The number of hydrogen-bond acceptors (Lipinski definition) is 14. The minimum atomic E-state index is -4.84. The summed E-state index contributed by atoms with van der Waals surface area (Å²) >= 11 is 0. The van der Waals surface area contributed by atoms with E-state index in [-0.39, 0.29) is 97.6 Å². The van der Waals surface area contributed by atoms with Gasteiger partial charge in [-0.2, -0.15) is 0 Å². The van der Waals surface area contributed by atoms with Crippen LogP contribution in [0.15, 0.2) is 46.2 Å².